The molecule has 1 aliphatic heterocycles. The summed E-state index contributed by atoms with van der Waals surface area (Å²) in [5, 5.41) is 12.7. The van der Waals surface area contributed by atoms with Gasteiger partial charge in [-0.15, -0.1) is 0 Å². The van der Waals surface area contributed by atoms with Gasteiger partial charge >= 0.3 is 0 Å². The number of ether oxygens (including phenoxy) is 1. The summed E-state index contributed by atoms with van der Waals surface area (Å²) in [6.45, 7) is 4.80. The normalized spacial score (nSPS) is 21.7. The minimum atomic E-state index is -0.457. The van der Waals surface area contributed by atoms with Gasteiger partial charge in [-0.05, 0) is 81.1 Å². The van der Waals surface area contributed by atoms with Gasteiger partial charge in [0, 0.05) is 24.1 Å². The topological polar surface area (TPSA) is 61.8 Å². The molecule has 0 spiro atoms. The second-order valence-electron chi connectivity index (χ2n) is 8.86. The second-order valence-corrected chi connectivity index (χ2v) is 8.86. The Balaban J connectivity index is 1.06. The van der Waals surface area contributed by atoms with E-state index in [1.165, 1.54) is 37.9 Å². The third-order valence-electron chi connectivity index (χ3n) is 6.60. The van der Waals surface area contributed by atoms with Gasteiger partial charge in [0.15, 0.2) is 5.78 Å². The summed E-state index contributed by atoms with van der Waals surface area (Å²) < 4.78 is 5.79. The lowest BCUT2D eigenvalue weighted by molar-refractivity contribution is 0.0903. The number of benzene rings is 2. The molecule has 1 heterocycles. The van der Waals surface area contributed by atoms with Gasteiger partial charge in [-0.25, -0.2) is 0 Å². The van der Waals surface area contributed by atoms with E-state index in [9.17, 15) is 4.79 Å². The lowest BCUT2D eigenvalue weighted by Gasteiger charge is -2.32. The zero-order valence-electron chi connectivity index (χ0n) is 18.2. The Bertz CT molecular complexity index is 816. The smallest absolute Gasteiger partial charge is 0.188 e. The number of ketones is 1. The molecule has 0 aromatic heterocycles. The first-order chi connectivity index (χ1) is 15.2. The zero-order chi connectivity index (χ0) is 21.5. The number of nitrogens with zero attached hydrogens (tertiary/aromatic N) is 1. The van der Waals surface area contributed by atoms with Gasteiger partial charge in [0.2, 0.25) is 0 Å². The Morgan fingerprint density at radius 3 is 2.52 bits per heavy atom. The highest BCUT2D eigenvalue weighted by atomic mass is 16.5. The number of hydrogen-bond donors (Lipinski definition) is 2. The number of carbonyl (C=O) groups excluding carboxylic acids is 1. The predicted octanol–water partition coefficient (Wildman–Crippen LogP) is 3.49. The molecule has 31 heavy (non-hydrogen) atoms. The van der Waals surface area contributed by atoms with Crippen LogP contribution in [-0.4, -0.2) is 61.2 Å². The molecule has 1 saturated carbocycles. The van der Waals surface area contributed by atoms with Gasteiger partial charge in [0.05, 0.1) is 6.61 Å². The van der Waals surface area contributed by atoms with Crippen molar-refractivity contribution in [3.05, 3.63) is 65.7 Å². The summed E-state index contributed by atoms with van der Waals surface area (Å²) in [5.41, 5.74) is 2.00. The van der Waals surface area contributed by atoms with Crippen LogP contribution in [0, 0.1) is 5.92 Å². The summed E-state index contributed by atoms with van der Waals surface area (Å²) >= 11 is 0. The molecule has 0 radical (unpaired) electrons. The fourth-order valence-electron chi connectivity index (χ4n) is 4.53. The standard InChI is InChI=1S/C26H34N2O3/c29-19-26(30)22-7-9-23(10-8-22)31-16-4-13-28-14-11-20(12-15-28)18-27-25-17-24(25)21-5-2-1-3-6-21/h1-3,5-10,20,24-25,27,29H,4,11-19H2. The molecule has 166 valence electrons. The maximum Gasteiger partial charge on any atom is 0.188 e. The molecule has 2 atom stereocenters. The van der Waals surface area contributed by atoms with Crippen molar-refractivity contribution < 1.29 is 14.6 Å². The Labute approximate surface area is 185 Å². The largest absolute Gasteiger partial charge is 0.494 e. The van der Waals surface area contributed by atoms with Crippen LogP contribution in [-0.2, 0) is 0 Å². The Morgan fingerprint density at radius 2 is 1.81 bits per heavy atom. The molecule has 0 bridgehead atoms. The maximum absolute atomic E-state index is 11.4. The average Bonchev–Trinajstić information content (AvgIpc) is 3.61. The van der Waals surface area contributed by atoms with Crippen LogP contribution in [0.1, 0.15) is 47.5 Å². The van der Waals surface area contributed by atoms with Crippen LogP contribution in [0.3, 0.4) is 0 Å². The van der Waals surface area contributed by atoms with Gasteiger partial charge in [-0.3, -0.25) is 4.79 Å². The van der Waals surface area contributed by atoms with Crippen LogP contribution in [0.4, 0.5) is 0 Å². The molecule has 2 aliphatic rings. The zero-order valence-corrected chi connectivity index (χ0v) is 18.2. The first-order valence-corrected chi connectivity index (χ1v) is 11.6. The van der Waals surface area contributed by atoms with E-state index in [0.717, 1.165) is 31.2 Å². The highest BCUT2D eigenvalue weighted by molar-refractivity contribution is 5.96. The Kier molecular flexibility index (Phi) is 7.73. The Morgan fingerprint density at radius 1 is 1.06 bits per heavy atom. The fraction of sp³-hybridized carbons (Fsp3) is 0.500. The van der Waals surface area contributed by atoms with Crippen LogP contribution >= 0.6 is 0 Å². The summed E-state index contributed by atoms with van der Waals surface area (Å²) in [5.74, 6) is 2.02. The molecule has 1 aliphatic carbocycles. The van der Waals surface area contributed by atoms with Crippen molar-refractivity contribution in [3.8, 4) is 5.75 Å². The van der Waals surface area contributed by atoms with Gasteiger partial charge in [0.25, 0.3) is 0 Å². The van der Waals surface area contributed by atoms with E-state index < -0.39 is 6.61 Å². The van der Waals surface area contributed by atoms with Crippen LogP contribution in [0.5, 0.6) is 5.75 Å². The van der Waals surface area contributed by atoms with Gasteiger partial charge in [0.1, 0.15) is 12.4 Å². The van der Waals surface area contributed by atoms with Crippen molar-refractivity contribution >= 4 is 5.78 Å². The fourth-order valence-corrected chi connectivity index (χ4v) is 4.53. The van der Waals surface area contributed by atoms with Crippen molar-refractivity contribution in [3.63, 3.8) is 0 Å². The van der Waals surface area contributed by atoms with E-state index in [-0.39, 0.29) is 5.78 Å². The van der Waals surface area contributed by atoms with Crippen molar-refractivity contribution in [2.24, 2.45) is 5.92 Å². The van der Waals surface area contributed by atoms with Gasteiger partial charge in [-0.2, -0.15) is 0 Å². The number of hydrogen-bond acceptors (Lipinski definition) is 5. The molecule has 2 aromatic carbocycles. The van der Waals surface area contributed by atoms with Crippen molar-refractivity contribution in [1.29, 1.82) is 0 Å². The van der Waals surface area contributed by atoms with E-state index in [1.807, 2.05) is 0 Å². The van der Waals surface area contributed by atoms with E-state index in [0.29, 0.717) is 24.1 Å². The molecule has 2 unspecified atom stereocenters. The highest BCUT2D eigenvalue weighted by Crippen LogP contribution is 2.40. The number of carbonyl (C=O) groups is 1. The van der Waals surface area contributed by atoms with E-state index in [1.54, 1.807) is 24.3 Å². The molecular formula is C26H34N2O3. The molecule has 0 amide bonds. The van der Waals surface area contributed by atoms with E-state index in [4.69, 9.17) is 9.84 Å². The van der Waals surface area contributed by atoms with Crippen molar-refractivity contribution in [2.45, 2.75) is 37.6 Å². The molecule has 5 nitrogen and oxygen atoms in total. The molecule has 2 aromatic rings. The maximum atomic E-state index is 11.4. The van der Waals surface area contributed by atoms with E-state index >= 15 is 0 Å². The average molecular weight is 423 g/mol. The third kappa shape index (κ3) is 6.39. The molecule has 2 fully saturated rings. The molecular weight excluding hydrogens is 388 g/mol. The first-order valence-electron chi connectivity index (χ1n) is 11.6. The van der Waals surface area contributed by atoms with Crippen LogP contribution in [0.15, 0.2) is 54.6 Å². The Hall–Kier alpha value is -2.21. The summed E-state index contributed by atoms with van der Waals surface area (Å²) in [7, 11) is 0. The summed E-state index contributed by atoms with van der Waals surface area (Å²) in [6, 6.07) is 18.6. The van der Waals surface area contributed by atoms with Gasteiger partial charge < -0.3 is 20.1 Å². The molecule has 5 heteroatoms. The number of aliphatic hydroxyl groups excluding tert-OH is 1. The lowest BCUT2D eigenvalue weighted by atomic mass is 9.96. The SMILES string of the molecule is O=C(CO)c1ccc(OCCCN2CCC(CNC3CC3c3ccccc3)CC2)cc1. The number of Topliss-reactive ketones (excluding diaryl/α,β-unsaturated/α-hetero) is 1. The number of rotatable bonds is 11. The van der Waals surface area contributed by atoms with Crippen molar-refractivity contribution in [2.75, 3.05) is 39.4 Å². The first kappa shape index (κ1) is 22.0. The predicted molar refractivity (Wildman–Crippen MR) is 123 cm³/mol. The third-order valence-corrected chi connectivity index (χ3v) is 6.60. The minimum absolute atomic E-state index is 0.265. The lowest BCUT2D eigenvalue weighted by Crippen LogP contribution is -2.38. The van der Waals surface area contributed by atoms with Crippen molar-refractivity contribution in [1.82, 2.24) is 10.2 Å². The second kappa shape index (κ2) is 10.9. The van der Waals surface area contributed by atoms with Crippen LogP contribution < -0.4 is 10.1 Å². The monoisotopic (exact) mass is 422 g/mol. The van der Waals surface area contributed by atoms with Crippen LogP contribution in [0.25, 0.3) is 0 Å². The quantitative estimate of drug-likeness (QED) is 0.429. The number of likely N-dealkylation sites (tertiary alicyclic amines) is 1. The summed E-state index contributed by atoms with van der Waals surface area (Å²) in [4.78, 5) is 14.0. The summed E-state index contributed by atoms with van der Waals surface area (Å²) in [6.07, 6.45) is 4.83. The number of nitrogens with one attached hydrogen (secondary N) is 1. The molecule has 2 N–H and O–H groups in total. The highest BCUT2D eigenvalue weighted by Gasteiger charge is 2.38. The molecule has 4 rings (SSSR count). The van der Waals surface area contributed by atoms with Gasteiger partial charge in [-0.1, -0.05) is 30.3 Å². The number of piperidine rings is 1. The van der Waals surface area contributed by atoms with Crippen LogP contribution in [0.2, 0.25) is 0 Å². The van der Waals surface area contributed by atoms with E-state index in [2.05, 4.69) is 40.5 Å². The minimum Gasteiger partial charge on any atom is -0.494 e. The molecule has 1 saturated heterocycles. The number of aliphatic hydroxyl groups is 1.